The molecule has 8 nitrogen and oxygen atoms in total. The lowest BCUT2D eigenvalue weighted by atomic mass is 10.2. The maximum atomic E-state index is 13.6. The molecule has 0 unspecified atom stereocenters. The summed E-state index contributed by atoms with van der Waals surface area (Å²) >= 11 is 5.67. The number of carbonyl (C=O) groups excluding carboxylic acids is 1. The highest BCUT2D eigenvalue weighted by Crippen LogP contribution is 2.26. The predicted molar refractivity (Wildman–Crippen MR) is 138 cm³/mol. The van der Waals surface area contributed by atoms with Gasteiger partial charge in [-0.2, -0.15) is 0 Å². The number of anilines is 2. The summed E-state index contributed by atoms with van der Waals surface area (Å²) in [6.07, 6.45) is 1.83. The molecule has 184 valence electrons. The molecule has 3 aromatic carbocycles. The second kappa shape index (κ2) is 10.9. The van der Waals surface area contributed by atoms with Gasteiger partial charge in [0.2, 0.25) is 0 Å². The highest BCUT2D eigenvalue weighted by molar-refractivity contribution is 6.30. The lowest BCUT2D eigenvalue weighted by Gasteiger charge is -2.26. The Morgan fingerprint density at radius 3 is 2.47 bits per heavy atom. The Bertz CT molecular complexity index is 1380. The average Bonchev–Trinajstić information content (AvgIpc) is 2.88. The van der Waals surface area contributed by atoms with Gasteiger partial charge in [0.05, 0.1) is 27.9 Å². The zero-order valence-electron chi connectivity index (χ0n) is 19.3. The minimum Gasteiger partial charge on any atom is -0.457 e. The van der Waals surface area contributed by atoms with E-state index in [1.807, 2.05) is 24.4 Å². The maximum absolute atomic E-state index is 13.6. The first-order valence-corrected chi connectivity index (χ1v) is 11.9. The molecule has 0 radical (unpaired) electrons. The third-order valence-corrected chi connectivity index (χ3v) is 5.99. The molecule has 1 aliphatic heterocycles. The van der Waals surface area contributed by atoms with E-state index in [9.17, 15) is 9.18 Å². The number of amides is 2. The fraction of sp³-hybridized carbons (Fsp3) is 0.192. The van der Waals surface area contributed by atoms with Gasteiger partial charge in [0, 0.05) is 50.2 Å². The van der Waals surface area contributed by atoms with E-state index < -0.39 is 11.8 Å². The Kier molecular flexibility index (Phi) is 7.22. The molecule has 2 heterocycles. The molecule has 1 aliphatic rings. The summed E-state index contributed by atoms with van der Waals surface area (Å²) in [6, 6.07) is 16.1. The van der Waals surface area contributed by atoms with Crippen molar-refractivity contribution in [2.75, 3.05) is 36.8 Å². The Balaban J connectivity index is 1.21. The molecular weight excluding hydrogens is 483 g/mol. The van der Waals surface area contributed by atoms with Crippen LogP contribution in [-0.4, -0.2) is 47.1 Å². The van der Waals surface area contributed by atoms with Crippen LogP contribution in [0, 0.1) is 5.82 Å². The number of aromatic nitrogens is 2. The monoisotopic (exact) mass is 506 g/mol. The van der Waals surface area contributed by atoms with Gasteiger partial charge in [0.1, 0.15) is 17.3 Å². The SMILES string of the molecule is O=C(Nc1ccc(Oc2ccc3ncc(CN4CCNCC4)nc3c2)cc1)Nc1ccc(Cl)c(F)c1. The van der Waals surface area contributed by atoms with Crippen molar-refractivity contribution in [2.24, 2.45) is 0 Å². The molecule has 5 rings (SSSR count). The second-order valence-corrected chi connectivity index (χ2v) is 8.78. The van der Waals surface area contributed by atoms with Crippen LogP contribution in [0.25, 0.3) is 11.0 Å². The fourth-order valence-electron chi connectivity index (χ4n) is 3.88. The topological polar surface area (TPSA) is 91.4 Å². The van der Waals surface area contributed by atoms with E-state index >= 15 is 0 Å². The highest BCUT2D eigenvalue weighted by atomic mass is 35.5. The van der Waals surface area contributed by atoms with E-state index in [0.29, 0.717) is 22.9 Å². The summed E-state index contributed by atoms with van der Waals surface area (Å²) in [6.45, 7) is 4.73. The summed E-state index contributed by atoms with van der Waals surface area (Å²) in [5, 5.41) is 8.60. The number of ether oxygens (including phenoxy) is 1. The Morgan fingerprint density at radius 1 is 0.972 bits per heavy atom. The van der Waals surface area contributed by atoms with Crippen LogP contribution >= 0.6 is 11.6 Å². The number of nitrogens with zero attached hydrogens (tertiary/aromatic N) is 3. The van der Waals surface area contributed by atoms with Crippen molar-refractivity contribution in [3.63, 3.8) is 0 Å². The minimum absolute atomic E-state index is 0.00864. The second-order valence-electron chi connectivity index (χ2n) is 8.37. The number of benzene rings is 3. The first kappa shape index (κ1) is 23.9. The molecule has 0 spiro atoms. The van der Waals surface area contributed by atoms with Crippen LogP contribution in [0.4, 0.5) is 20.6 Å². The number of fused-ring (bicyclic) bond motifs is 1. The number of hydrogen-bond donors (Lipinski definition) is 3. The normalized spacial score (nSPS) is 13.9. The molecule has 0 aliphatic carbocycles. The summed E-state index contributed by atoms with van der Waals surface area (Å²) < 4.78 is 19.5. The Hall–Kier alpha value is -3.79. The van der Waals surface area contributed by atoms with Crippen molar-refractivity contribution in [1.29, 1.82) is 0 Å². The van der Waals surface area contributed by atoms with Crippen molar-refractivity contribution in [3.8, 4) is 11.5 Å². The van der Waals surface area contributed by atoms with Gasteiger partial charge in [-0.1, -0.05) is 11.6 Å². The number of nitrogens with one attached hydrogen (secondary N) is 3. The number of rotatable bonds is 6. The molecule has 3 N–H and O–H groups in total. The van der Waals surface area contributed by atoms with E-state index in [0.717, 1.165) is 55.5 Å². The van der Waals surface area contributed by atoms with Crippen LogP contribution < -0.4 is 20.7 Å². The molecule has 1 fully saturated rings. The molecule has 2 amide bonds. The van der Waals surface area contributed by atoms with Crippen molar-refractivity contribution >= 4 is 40.0 Å². The smallest absolute Gasteiger partial charge is 0.323 e. The molecule has 0 atom stereocenters. The number of carbonyl (C=O) groups is 1. The molecule has 0 saturated carbocycles. The summed E-state index contributed by atoms with van der Waals surface area (Å²) in [4.78, 5) is 23.9. The van der Waals surface area contributed by atoms with Crippen molar-refractivity contribution in [3.05, 3.63) is 83.4 Å². The third kappa shape index (κ3) is 6.06. The van der Waals surface area contributed by atoms with Crippen molar-refractivity contribution in [2.45, 2.75) is 6.54 Å². The third-order valence-electron chi connectivity index (χ3n) is 5.68. The van der Waals surface area contributed by atoms with Crippen molar-refractivity contribution < 1.29 is 13.9 Å². The van der Waals surface area contributed by atoms with Crippen LogP contribution in [0.5, 0.6) is 11.5 Å². The molecule has 10 heteroatoms. The zero-order valence-corrected chi connectivity index (χ0v) is 20.1. The minimum atomic E-state index is -0.605. The fourth-order valence-corrected chi connectivity index (χ4v) is 3.99. The van der Waals surface area contributed by atoms with E-state index in [4.69, 9.17) is 21.3 Å². The van der Waals surface area contributed by atoms with Gasteiger partial charge in [0.15, 0.2) is 0 Å². The van der Waals surface area contributed by atoms with Gasteiger partial charge in [-0.25, -0.2) is 14.2 Å². The zero-order chi connectivity index (χ0) is 24.9. The number of urea groups is 1. The lowest BCUT2D eigenvalue weighted by Crippen LogP contribution is -2.43. The van der Waals surface area contributed by atoms with Crippen LogP contribution in [-0.2, 0) is 6.54 Å². The molecular formula is C26H24ClFN6O2. The van der Waals surface area contributed by atoms with Crippen LogP contribution in [0.15, 0.2) is 66.9 Å². The quantitative estimate of drug-likeness (QED) is 0.330. The van der Waals surface area contributed by atoms with Crippen LogP contribution in [0.3, 0.4) is 0 Å². The molecule has 0 bridgehead atoms. The Labute approximate surface area is 212 Å². The van der Waals surface area contributed by atoms with E-state index in [1.54, 1.807) is 24.3 Å². The van der Waals surface area contributed by atoms with E-state index in [-0.39, 0.29) is 5.02 Å². The van der Waals surface area contributed by atoms with E-state index in [1.165, 1.54) is 12.1 Å². The van der Waals surface area contributed by atoms with Gasteiger partial charge in [0.25, 0.3) is 0 Å². The Morgan fingerprint density at radius 2 is 1.69 bits per heavy atom. The highest BCUT2D eigenvalue weighted by Gasteiger charge is 2.12. The van der Waals surface area contributed by atoms with Gasteiger partial charge >= 0.3 is 6.03 Å². The summed E-state index contributed by atoms with van der Waals surface area (Å²) in [5.41, 5.74) is 3.35. The largest absolute Gasteiger partial charge is 0.457 e. The summed E-state index contributed by atoms with van der Waals surface area (Å²) in [7, 11) is 0. The van der Waals surface area contributed by atoms with Gasteiger partial charge in [-0.05, 0) is 54.6 Å². The number of piperazine rings is 1. The number of hydrogen-bond acceptors (Lipinski definition) is 6. The molecule has 36 heavy (non-hydrogen) atoms. The lowest BCUT2D eigenvalue weighted by molar-refractivity contribution is 0.230. The molecule has 1 aromatic heterocycles. The van der Waals surface area contributed by atoms with Gasteiger partial charge < -0.3 is 20.7 Å². The first-order valence-electron chi connectivity index (χ1n) is 11.5. The van der Waals surface area contributed by atoms with E-state index in [2.05, 4.69) is 25.8 Å². The van der Waals surface area contributed by atoms with Crippen molar-refractivity contribution in [1.82, 2.24) is 20.2 Å². The molecule has 1 saturated heterocycles. The standard InChI is InChI=1S/C26H24ClFN6O2/c27-22-7-3-18(13-23(22)28)33-26(35)32-17-1-4-20(5-2-17)36-21-6-8-24-25(14-21)31-19(15-30-24)16-34-11-9-29-10-12-34/h1-8,13-15,29H,9-12,16H2,(H2,32,33,35). The van der Waals surface area contributed by atoms with Crippen LogP contribution in [0.2, 0.25) is 5.02 Å². The van der Waals surface area contributed by atoms with Gasteiger partial charge in [-0.15, -0.1) is 0 Å². The summed E-state index contributed by atoms with van der Waals surface area (Å²) in [5.74, 6) is 0.635. The molecule has 4 aromatic rings. The maximum Gasteiger partial charge on any atom is 0.323 e. The number of halogens is 2. The van der Waals surface area contributed by atoms with Crippen LogP contribution in [0.1, 0.15) is 5.69 Å². The van der Waals surface area contributed by atoms with Gasteiger partial charge in [-0.3, -0.25) is 9.88 Å². The first-order chi connectivity index (χ1) is 17.5. The average molecular weight is 507 g/mol. The predicted octanol–water partition coefficient (Wildman–Crippen LogP) is 5.26.